The third-order valence-corrected chi connectivity index (χ3v) is 6.67. The molecule has 0 N–H and O–H groups in total. The number of anilines is 1. The number of nitrogens with zero attached hydrogens (tertiary/aromatic N) is 1. The first-order valence-electron chi connectivity index (χ1n) is 9.11. The Bertz CT molecular complexity index is 1020. The average Bonchev–Trinajstić information content (AvgIpc) is 3.34. The van der Waals surface area contributed by atoms with Gasteiger partial charge in [-0.2, -0.15) is 0 Å². The van der Waals surface area contributed by atoms with E-state index < -0.39 is 0 Å². The summed E-state index contributed by atoms with van der Waals surface area (Å²) in [6, 6.07) is 21.4. The summed E-state index contributed by atoms with van der Waals surface area (Å²) in [7, 11) is 0. The molecule has 140 valence electrons. The molecule has 0 saturated heterocycles. The summed E-state index contributed by atoms with van der Waals surface area (Å²) in [5, 5.41) is 1.93. The minimum atomic E-state index is -0.243. The van der Waals surface area contributed by atoms with Crippen LogP contribution in [0.3, 0.4) is 0 Å². The first-order valence-corrected chi connectivity index (χ1v) is 11.0. The minimum absolute atomic E-state index is 0.237. The number of hydrogen-bond donors (Lipinski definition) is 0. The normalized spacial score (nSPS) is 14.2. The zero-order valence-electron chi connectivity index (χ0n) is 15.4. The molecule has 0 radical (unpaired) electrons. The summed E-state index contributed by atoms with van der Waals surface area (Å²) in [4.78, 5) is 29.1. The van der Waals surface area contributed by atoms with Crippen molar-refractivity contribution < 1.29 is 9.59 Å². The molecule has 0 unspecified atom stereocenters. The quantitative estimate of drug-likeness (QED) is 0.506. The van der Waals surface area contributed by atoms with Gasteiger partial charge in [0.15, 0.2) is 0 Å². The molecule has 0 fully saturated rings. The second-order valence-corrected chi connectivity index (χ2v) is 8.35. The summed E-state index contributed by atoms with van der Waals surface area (Å²) >= 11 is 2.92. The van der Waals surface area contributed by atoms with Gasteiger partial charge in [0.1, 0.15) is 0 Å². The Hall–Kier alpha value is -2.63. The van der Waals surface area contributed by atoms with Crippen LogP contribution in [-0.4, -0.2) is 11.8 Å². The number of aryl methyl sites for hydroxylation is 1. The monoisotopic (exact) mass is 405 g/mol. The van der Waals surface area contributed by atoms with Gasteiger partial charge in [0.2, 0.25) is 0 Å². The first kappa shape index (κ1) is 18.7. The maximum atomic E-state index is 13.2. The summed E-state index contributed by atoms with van der Waals surface area (Å²) in [6.45, 7) is 2.08. The van der Waals surface area contributed by atoms with Crippen LogP contribution in [0.5, 0.6) is 0 Å². The fourth-order valence-corrected chi connectivity index (χ4v) is 5.02. The highest BCUT2D eigenvalue weighted by molar-refractivity contribution is 8.03. The molecule has 3 nitrogen and oxygen atoms in total. The Morgan fingerprint density at radius 1 is 0.857 bits per heavy atom. The summed E-state index contributed by atoms with van der Waals surface area (Å²) < 4.78 is 0. The largest absolute Gasteiger partial charge is 0.272 e. The summed E-state index contributed by atoms with van der Waals surface area (Å²) in [5.41, 5.74) is 3.43. The molecule has 0 aliphatic carbocycles. The van der Waals surface area contributed by atoms with E-state index >= 15 is 0 Å². The van der Waals surface area contributed by atoms with E-state index in [1.807, 2.05) is 72.1 Å². The molecule has 5 heteroatoms. The van der Waals surface area contributed by atoms with Gasteiger partial charge in [0, 0.05) is 10.6 Å². The fraction of sp³-hybridized carbons (Fsp3) is 0.130. The molecule has 3 aromatic rings. The molecule has 28 heavy (non-hydrogen) atoms. The maximum Gasteiger partial charge on any atom is 0.272 e. The van der Waals surface area contributed by atoms with Crippen molar-refractivity contribution in [1.29, 1.82) is 0 Å². The van der Waals surface area contributed by atoms with Crippen LogP contribution in [0.2, 0.25) is 0 Å². The van der Waals surface area contributed by atoms with Crippen molar-refractivity contribution in [1.82, 2.24) is 0 Å². The number of thiophene rings is 1. The highest BCUT2D eigenvalue weighted by Gasteiger charge is 2.40. The Morgan fingerprint density at radius 3 is 2.25 bits per heavy atom. The lowest BCUT2D eigenvalue weighted by Crippen LogP contribution is -2.31. The van der Waals surface area contributed by atoms with E-state index in [1.54, 1.807) is 0 Å². The predicted octanol–water partition coefficient (Wildman–Crippen LogP) is 5.53. The molecular weight excluding hydrogens is 386 g/mol. The zero-order chi connectivity index (χ0) is 19.5. The van der Waals surface area contributed by atoms with Crippen molar-refractivity contribution in [2.45, 2.75) is 19.1 Å². The molecular formula is C23H19NO2S2. The van der Waals surface area contributed by atoms with Crippen LogP contribution in [0, 0.1) is 0 Å². The molecule has 1 aromatic heterocycles. The predicted molar refractivity (Wildman–Crippen MR) is 117 cm³/mol. The average molecular weight is 406 g/mol. The van der Waals surface area contributed by atoms with Gasteiger partial charge in [-0.25, -0.2) is 4.90 Å². The smallest absolute Gasteiger partial charge is 0.268 e. The zero-order valence-corrected chi connectivity index (χ0v) is 17.1. The van der Waals surface area contributed by atoms with Crippen molar-refractivity contribution in [3.05, 3.63) is 93.0 Å². The number of benzene rings is 2. The molecule has 2 heterocycles. The van der Waals surface area contributed by atoms with Gasteiger partial charge in [0.25, 0.3) is 11.8 Å². The molecule has 0 saturated carbocycles. The van der Waals surface area contributed by atoms with Gasteiger partial charge in [-0.05, 0) is 41.1 Å². The lowest BCUT2D eigenvalue weighted by atomic mass is 10.1. The van der Waals surface area contributed by atoms with Gasteiger partial charge in [-0.15, -0.1) is 23.1 Å². The van der Waals surface area contributed by atoms with E-state index in [0.717, 1.165) is 16.9 Å². The van der Waals surface area contributed by atoms with Crippen molar-refractivity contribution in [3.8, 4) is 0 Å². The van der Waals surface area contributed by atoms with Crippen LogP contribution < -0.4 is 4.90 Å². The molecule has 4 rings (SSSR count). The molecule has 2 aromatic carbocycles. The van der Waals surface area contributed by atoms with Crippen LogP contribution in [-0.2, 0) is 21.8 Å². The van der Waals surface area contributed by atoms with E-state index in [9.17, 15) is 9.59 Å². The van der Waals surface area contributed by atoms with Crippen LogP contribution in [0.15, 0.2) is 77.0 Å². The molecule has 0 bridgehead atoms. The number of carbonyl (C=O) groups is 2. The molecule has 1 aliphatic rings. The van der Waals surface area contributed by atoms with Crippen LogP contribution in [0.25, 0.3) is 5.57 Å². The Labute approximate surface area is 172 Å². The number of rotatable bonds is 6. The lowest BCUT2D eigenvalue weighted by molar-refractivity contribution is -0.119. The van der Waals surface area contributed by atoms with E-state index in [2.05, 4.69) is 6.92 Å². The van der Waals surface area contributed by atoms with Gasteiger partial charge >= 0.3 is 0 Å². The van der Waals surface area contributed by atoms with Crippen molar-refractivity contribution in [3.63, 3.8) is 0 Å². The Kier molecular flexibility index (Phi) is 5.46. The number of amides is 2. The highest BCUT2D eigenvalue weighted by Crippen LogP contribution is 2.40. The van der Waals surface area contributed by atoms with E-state index in [1.165, 1.54) is 33.6 Å². The first-order chi connectivity index (χ1) is 13.7. The van der Waals surface area contributed by atoms with Crippen LogP contribution >= 0.6 is 23.1 Å². The van der Waals surface area contributed by atoms with Crippen LogP contribution in [0.4, 0.5) is 5.69 Å². The number of carbonyl (C=O) groups excluding carboxylic acids is 2. The van der Waals surface area contributed by atoms with Gasteiger partial charge in [-0.3, -0.25) is 9.59 Å². The van der Waals surface area contributed by atoms with E-state index in [4.69, 9.17) is 0 Å². The third-order valence-electron chi connectivity index (χ3n) is 4.64. The Balaban J connectivity index is 1.69. The van der Waals surface area contributed by atoms with Crippen molar-refractivity contribution in [2.24, 2.45) is 0 Å². The van der Waals surface area contributed by atoms with E-state index in [-0.39, 0.29) is 11.8 Å². The molecule has 0 atom stereocenters. The van der Waals surface area contributed by atoms with Gasteiger partial charge in [-0.1, -0.05) is 55.5 Å². The maximum absolute atomic E-state index is 13.2. The number of thioether (sulfide) groups is 1. The van der Waals surface area contributed by atoms with Gasteiger partial charge < -0.3 is 0 Å². The second kappa shape index (κ2) is 8.17. The lowest BCUT2D eigenvalue weighted by Gasteiger charge is -2.15. The van der Waals surface area contributed by atoms with Crippen LogP contribution in [0.1, 0.15) is 22.9 Å². The molecule has 1 aliphatic heterocycles. The van der Waals surface area contributed by atoms with Crippen molar-refractivity contribution in [2.75, 3.05) is 4.90 Å². The summed E-state index contributed by atoms with van der Waals surface area (Å²) in [6.07, 6.45) is 0.916. The topological polar surface area (TPSA) is 37.4 Å². The minimum Gasteiger partial charge on any atom is -0.268 e. The van der Waals surface area contributed by atoms with E-state index in [0.29, 0.717) is 21.9 Å². The third kappa shape index (κ3) is 3.55. The summed E-state index contributed by atoms with van der Waals surface area (Å²) in [5.74, 6) is 0.165. The molecule has 0 spiro atoms. The standard InChI is InChI=1S/C23H19NO2S2/c1-2-16-10-12-18(13-11-16)24-22(25)20(19-9-6-14-27-19)21(23(24)26)28-15-17-7-4-3-5-8-17/h3-14H,2,15H2,1H3. The number of imide groups is 1. The molecule has 2 amide bonds. The Morgan fingerprint density at radius 2 is 1.61 bits per heavy atom. The number of hydrogen-bond acceptors (Lipinski definition) is 4. The fourth-order valence-electron chi connectivity index (χ4n) is 3.13. The van der Waals surface area contributed by atoms with Crippen molar-refractivity contribution >= 4 is 46.2 Å². The van der Waals surface area contributed by atoms with Gasteiger partial charge in [0.05, 0.1) is 16.2 Å². The second-order valence-electron chi connectivity index (χ2n) is 6.42. The SMILES string of the molecule is CCc1ccc(N2C(=O)C(SCc3ccccc3)=C(c3cccs3)C2=O)cc1. The highest BCUT2D eigenvalue weighted by atomic mass is 32.2.